The third kappa shape index (κ3) is 14.5. The lowest BCUT2D eigenvalue weighted by atomic mass is 9.92. The average molecular weight is 557 g/mol. The van der Waals surface area contributed by atoms with Gasteiger partial charge in [0.05, 0.1) is 28.9 Å². The van der Waals surface area contributed by atoms with E-state index in [0.717, 1.165) is 74.0 Å². The highest BCUT2D eigenvalue weighted by Crippen LogP contribution is 2.33. The minimum absolute atomic E-state index is 0.156. The van der Waals surface area contributed by atoms with E-state index in [-0.39, 0.29) is 18.0 Å². The zero-order chi connectivity index (χ0) is 28.7. The molecule has 0 bridgehead atoms. The molecule has 0 aromatic heterocycles. The molecule has 0 aromatic rings. The number of allylic oxidation sites excluding steroid dienone is 7. The predicted molar refractivity (Wildman–Crippen MR) is 170 cm³/mol. The fraction of sp³-hybridized carbons (Fsp3) is 0.500. The number of esters is 1. The summed E-state index contributed by atoms with van der Waals surface area (Å²) in [7, 11) is -3.52. The lowest BCUT2D eigenvalue weighted by molar-refractivity contribution is -0.143. The van der Waals surface area contributed by atoms with Crippen LogP contribution in [-0.4, -0.2) is 41.3 Å². The third-order valence-corrected chi connectivity index (χ3v) is 16.9. The maximum absolute atomic E-state index is 12.5. The summed E-state index contributed by atoms with van der Waals surface area (Å²) in [5.74, 6) is 0.122. The molecular weight excluding hydrogens is 505 g/mol. The molecule has 0 saturated heterocycles. The van der Waals surface area contributed by atoms with Gasteiger partial charge in [-0.25, -0.2) is 0 Å². The Morgan fingerprint density at radius 3 is 1.68 bits per heavy atom. The van der Waals surface area contributed by atoms with Crippen LogP contribution in [0, 0.1) is 5.92 Å². The van der Waals surface area contributed by atoms with Gasteiger partial charge in [0.25, 0.3) is 6.47 Å². The minimum atomic E-state index is -1.84. The molecule has 38 heavy (non-hydrogen) atoms. The Morgan fingerprint density at radius 1 is 0.737 bits per heavy atom. The number of ether oxygens (including phenoxy) is 2. The van der Waals surface area contributed by atoms with Gasteiger partial charge in [0.15, 0.2) is 0 Å². The van der Waals surface area contributed by atoms with Crippen molar-refractivity contribution in [3.05, 3.63) is 88.6 Å². The molecule has 0 aliphatic carbocycles. The first-order valence-corrected chi connectivity index (χ1v) is 19.5. The summed E-state index contributed by atoms with van der Waals surface area (Å²) in [5, 5.41) is 0. The van der Waals surface area contributed by atoms with Gasteiger partial charge in [0, 0.05) is 6.42 Å². The molecule has 0 aliphatic rings. The fourth-order valence-electron chi connectivity index (χ4n) is 5.57. The van der Waals surface area contributed by atoms with Crippen molar-refractivity contribution < 1.29 is 19.1 Å². The van der Waals surface area contributed by atoms with Crippen LogP contribution < -0.4 is 0 Å². The van der Waals surface area contributed by atoms with Crippen LogP contribution in [0.4, 0.5) is 0 Å². The van der Waals surface area contributed by atoms with E-state index in [1.54, 1.807) is 0 Å². The molecule has 0 fully saturated rings. The Hall–Kier alpha value is -2.45. The van der Waals surface area contributed by atoms with Crippen LogP contribution in [0.25, 0.3) is 0 Å². The third-order valence-electron chi connectivity index (χ3n) is 7.36. The van der Waals surface area contributed by atoms with E-state index in [1.807, 2.05) is 42.5 Å². The van der Waals surface area contributed by atoms with Crippen molar-refractivity contribution in [2.45, 2.75) is 86.6 Å². The summed E-state index contributed by atoms with van der Waals surface area (Å²) in [4.78, 5) is 23.8. The number of rotatable bonds is 27. The topological polar surface area (TPSA) is 52.6 Å². The molecule has 6 heteroatoms. The van der Waals surface area contributed by atoms with Crippen LogP contribution in [-0.2, 0) is 19.1 Å². The first-order valence-electron chi connectivity index (χ1n) is 13.8. The molecule has 0 N–H and O–H groups in total. The summed E-state index contributed by atoms with van der Waals surface area (Å²) in [5.41, 5.74) is 0. The largest absolute Gasteiger partial charge is 0.466 e. The normalized spacial score (nSPS) is 12.8. The van der Waals surface area contributed by atoms with Crippen molar-refractivity contribution in [2.75, 3.05) is 6.61 Å². The quantitative estimate of drug-likeness (QED) is 0.0439. The van der Waals surface area contributed by atoms with Crippen molar-refractivity contribution >= 4 is 28.6 Å². The Morgan fingerprint density at radius 2 is 1.24 bits per heavy atom. The van der Waals surface area contributed by atoms with Gasteiger partial charge in [-0.1, -0.05) is 42.5 Å². The van der Waals surface area contributed by atoms with E-state index in [2.05, 4.69) is 46.1 Å². The van der Waals surface area contributed by atoms with Crippen LogP contribution in [0.3, 0.4) is 0 Å². The lowest BCUT2D eigenvalue weighted by Gasteiger charge is -2.33. The molecule has 212 valence electrons. The van der Waals surface area contributed by atoms with Gasteiger partial charge in [-0.3, -0.25) is 9.59 Å². The monoisotopic (exact) mass is 556 g/mol. The van der Waals surface area contributed by atoms with E-state index in [9.17, 15) is 9.59 Å². The molecule has 0 spiro atoms. The van der Waals surface area contributed by atoms with E-state index in [4.69, 9.17) is 9.47 Å². The molecule has 0 aromatic carbocycles. The summed E-state index contributed by atoms with van der Waals surface area (Å²) >= 11 is 0. The molecule has 0 heterocycles. The second kappa shape index (κ2) is 21.5. The van der Waals surface area contributed by atoms with Gasteiger partial charge in [0.2, 0.25) is 0 Å². The van der Waals surface area contributed by atoms with Gasteiger partial charge in [-0.15, -0.1) is 46.1 Å². The second-order valence-electron chi connectivity index (χ2n) is 10.5. The summed E-state index contributed by atoms with van der Waals surface area (Å²) in [6.45, 7) is 28.6. The molecule has 0 amide bonds. The van der Waals surface area contributed by atoms with Crippen molar-refractivity contribution in [2.24, 2.45) is 5.92 Å². The maximum Gasteiger partial charge on any atom is 0.305 e. The molecule has 0 rings (SSSR count). The van der Waals surface area contributed by atoms with Crippen LogP contribution in [0.2, 0.25) is 48.4 Å². The van der Waals surface area contributed by atoms with Crippen molar-refractivity contribution in [3.8, 4) is 0 Å². The van der Waals surface area contributed by atoms with Crippen LogP contribution in [0.15, 0.2) is 88.6 Å². The highest BCUT2D eigenvalue weighted by atomic mass is 28.3. The fourth-order valence-corrected chi connectivity index (χ4v) is 13.1. The van der Waals surface area contributed by atoms with Gasteiger partial charge in [-0.05, 0) is 80.0 Å². The zero-order valence-corrected chi connectivity index (χ0v) is 25.8. The van der Waals surface area contributed by atoms with E-state index in [0.29, 0.717) is 19.5 Å². The summed E-state index contributed by atoms with van der Waals surface area (Å²) in [6.07, 6.45) is 17.1. The van der Waals surface area contributed by atoms with Gasteiger partial charge < -0.3 is 9.47 Å². The van der Waals surface area contributed by atoms with E-state index < -0.39 is 16.1 Å². The highest BCUT2D eigenvalue weighted by Gasteiger charge is 2.34. The van der Waals surface area contributed by atoms with Gasteiger partial charge in [-0.2, -0.15) is 0 Å². The van der Waals surface area contributed by atoms with Gasteiger partial charge >= 0.3 is 5.97 Å². The molecule has 0 saturated carbocycles. The summed E-state index contributed by atoms with van der Waals surface area (Å²) in [6, 6.07) is 7.41. The molecule has 4 nitrogen and oxygen atoms in total. The Labute approximate surface area is 235 Å². The number of hydrogen-bond donors (Lipinski definition) is 0. The number of carbonyl (C=O) groups is 2. The van der Waals surface area contributed by atoms with E-state index >= 15 is 0 Å². The van der Waals surface area contributed by atoms with Crippen molar-refractivity contribution in [1.29, 1.82) is 0 Å². The zero-order valence-electron chi connectivity index (χ0n) is 23.8. The second-order valence-corrected chi connectivity index (χ2v) is 19.9. The molecular formula is C32H52O4Si2. The Bertz CT molecular complexity index is 720. The minimum Gasteiger partial charge on any atom is -0.466 e. The van der Waals surface area contributed by atoms with Gasteiger partial charge in [0.1, 0.15) is 0 Å². The van der Waals surface area contributed by atoms with Crippen molar-refractivity contribution in [3.63, 3.8) is 0 Å². The van der Waals surface area contributed by atoms with Crippen molar-refractivity contribution in [1.82, 2.24) is 0 Å². The first kappa shape index (κ1) is 35.6. The lowest BCUT2D eigenvalue weighted by Crippen LogP contribution is -2.38. The average Bonchev–Trinajstić information content (AvgIpc) is 2.85. The number of hydrogen-bond acceptors (Lipinski definition) is 4. The maximum atomic E-state index is 12.5. The van der Waals surface area contributed by atoms with E-state index in [1.165, 1.54) is 0 Å². The predicted octanol–water partition coefficient (Wildman–Crippen LogP) is 8.84. The molecule has 2 atom stereocenters. The SMILES string of the molecule is C=CCC(CCCC(=O)OCC[Si](CC=C)(CC=C)CC=C)CC(C[Si](CC=C)(CC=C)CC=C)OC=O. The molecule has 0 aliphatic heterocycles. The van der Waals surface area contributed by atoms with Crippen LogP contribution >= 0.6 is 0 Å². The summed E-state index contributed by atoms with van der Waals surface area (Å²) < 4.78 is 11.2. The first-order chi connectivity index (χ1) is 18.3. The smallest absolute Gasteiger partial charge is 0.305 e. The Kier molecular flexibility index (Phi) is 20.1. The standard InChI is InChI=1S/C32H52O4Si2/c1-8-16-30(27-31(36-29-33)28-38(23-12-5,24-13-6)25-14-7)17-15-18-32(34)35-19-26-37(20-9-2,21-10-3)22-11-4/h8-14,29-31H,1-7,15-28H2. The number of carbonyl (C=O) groups excluding carboxylic acids is 2. The molecule has 2 unspecified atom stereocenters. The highest BCUT2D eigenvalue weighted by molar-refractivity contribution is 6.81. The van der Waals surface area contributed by atoms with Crippen LogP contribution in [0.5, 0.6) is 0 Å². The molecule has 0 radical (unpaired) electrons. The Balaban J connectivity index is 5.04. The van der Waals surface area contributed by atoms with Crippen LogP contribution in [0.1, 0.15) is 32.1 Å².